The third-order valence-corrected chi connectivity index (χ3v) is 10.1. The molecule has 1 atom stereocenters. The standard InChI is InChI=1S/C40H41N5O7S/c1-3-25-21-27(23-41-24-34(47)30-13-14-33(46)37-38(30)53-40(50)44-37)35(51-2)22-32(25)42-36(48)17-20-45-18-15-28(16-19-45)52-39(49)43-31-12-8-7-11-29(31)26-9-5-4-6-10-26/h1,4-14,21-22,28,34,41,46-47H,15-20,23-24H2,2H3,(H,42,48)(H,43,49)(H,44,50)/t34-/m0/s1. The Kier molecular flexibility index (Phi) is 12.1. The van der Waals surface area contributed by atoms with Crippen molar-refractivity contribution in [1.29, 1.82) is 0 Å². The molecule has 274 valence electrons. The number of H-pyrrole nitrogens is 1. The van der Waals surface area contributed by atoms with Crippen LogP contribution in [0.4, 0.5) is 16.2 Å². The van der Waals surface area contributed by atoms with Crippen molar-refractivity contribution in [2.45, 2.75) is 38.0 Å². The van der Waals surface area contributed by atoms with Gasteiger partial charge in [-0.2, -0.15) is 0 Å². The van der Waals surface area contributed by atoms with Crippen LogP contribution in [0.1, 0.15) is 42.1 Å². The summed E-state index contributed by atoms with van der Waals surface area (Å²) >= 11 is 0.925. The maximum absolute atomic E-state index is 13.0. The van der Waals surface area contributed by atoms with E-state index in [9.17, 15) is 24.6 Å². The van der Waals surface area contributed by atoms with Crippen LogP contribution < -0.4 is 25.6 Å². The van der Waals surface area contributed by atoms with E-state index in [0.29, 0.717) is 77.5 Å². The zero-order valence-corrected chi connectivity index (χ0v) is 30.0. The molecule has 2 amide bonds. The highest BCUT2D eigenvalue weighted by molar-refractivity contribution is 7.16. The summed E-state index contributed by atoms with van der Waals surface area (Å²) in [6, 6.07) is 23.9. The number of amides is 2. The van der Waals surface area contributed by atoms with Crippen molar-refractivity contribution >= 4 is 44.9 Å². The molecule has 1 fully saturated rings. The topological polar surface area (TPSA) is 165 Å². The van der Waals surface area contributed by atoms with Crippen molar-refractivity contribution in [3.63, 3.8) is 0 Å². The molecule has 5 aromatic rings. The first-order valence-corrected chi connectivity index (χ1v) is 18.1. The number of nitrogens with zero attached hydrogens (tertiary/aromatic N) is 1. The summed E-state index contributed by atoms with van der Waals surface area (Å²) in [6.07, 6.45) is 5.73. The zero-order valence-electron chi connectivity index (χ0n) is 29.2. The molecule has 0 radical (unpaired) electrons. The van der Waals surface area contributed by atoms with Crippen LogP contribution in [0.3, 0.4) is 0 Å². The number of terminal acetylenes is 1. The number of fused-ring (bicyclic) bond motifs is 1. The Balaban J connectivity index is 0.959. The van der Waals surface area contributed by atoms with Gasteiger partial charge in [-0.05, 0) is 36.6 Å². The minimum atomic E-state index is -0.952. The number of thiazole rings is 1. The average Bonchev–Trinajstić information content (AvgIpc) is 3.57. The summed E-state index contributed by atoms with van der Waals surface area (Å²) in [5.74, 6) is 2.89. The number of aliphatic hydroxyl groups is 1. The lowest BCUT2D eigenvalue weighted by molar-refractivity contribution is -0.116. The number of hydrogen-bond acceptors (Lipinski definition) is 10. The molecule has 4 aromatic carbocycles. The lowest BCUT2D eigenvalue weighted by atomic mass is 10.0. The number of anilines is 2. The maximum atomic E-state index is 13.0. The smallest absolute Gasteiger partial charge is 0.411 e. The first kappa shape index (κ1) is 37.1. The minimum Gasteiger partial charge on any atom is -0.506 e. The van der Waals surface area contributed by atoms with Crippen molar-refractivity contribution in [1.82, 2.24) is 15.2 Å². The summed E-state index contributed by atoms with van der Waals surface area (Å²) in [6.45, 7) is 2.37. The predicted octanol–water partition coefficient (Wildman–Crippen LogP) is 5.82. The van der Waals surface area contributed by atoms with Crippen LogP contribution in [0.15, 0.2) is 83.7 Å². The Bertz CT molecular complexity index is 2170. The van der Waals surface area contributed by atoms with Crippen LogP contribution in [-0.4, -0.2) is 71.5 Å². The Morgan fingerprint density at radius 3 is 2.55 bits per heavy atom. The van der Waals surface area contributed by atoms with Gasteiger partial charge in [-0.25, -0.2) is 4.79 Å². The second kappa shape index (κ2) is 17.2. The number of rotatable bonds is 13. The molecule has 53 heavy (non-hydrogen) atoms. The van der Waals surface area contributed by atoms with Gasteiger partial charge in [-0.1, -0.05) is 71.9 Å². The summed E-state index contributed by atoms with van der Waals surface area (Å²) in [5, 5.41) is 29.9. The molecule has 12 nitrogen and oxygen atoms in total. The van der Waals surface area contributed by atoms with E-state index >= 15 is 0 Å². The number of likely N-dealkylation sites (tertiary alicyclic amines) is 1. The Morgan fingerprint density at radius 2 is 1.79 bits per heavy atom. The van der Waals surface area contributed by atoms with E-state index in [1.165, 1.54) is 13.2 Å². The fourth-order valence-electron chi connectivity index (χ4n) is 6.41. The molecule has 0 bridgehead atoms. The molecule has 0 spiro atoms. The molecular weight excluding hydrogens is 695 g/mol. The monoisotopic (exact) mass is 735 g/mol. The lowest BCUT2D eigenvalue weighted by Crippen LogP contribution is -2.39. The van der Waals surface area contributed by atoms with E-state index in [1.54, 1.807) is 18.2 Å². The lowest BCUT2D eigenvalue weighted by Gasteiger charge is -2.31. The number of benzene rings is 4. The van der Waals surface area contributed by atoms with E-state index in [4.69, 9.17) is 15.9 Å². The highest BCUT2D eigenvalue weighted by atomic mass is 32.1. The number of aliphatic hydroxyl groups excluding tert-OH is 1. The molecule has 13 heteroatoms. The number of phenolic OH excluding ortho intramolecular Hbond substituents is 1. The van der Waals surface area contributed by atoms with Gasteiger partial charge in [0.1, 0.15) is 23.1 Å². The first-order chi connectivity index (χ1) is 25.7. The highest BCUT2D eigenvalue weighted by Gasteiger charge is 2.24. The Morgan fingerprint density at radius 1 is 1.04 bits per heavy atom. The molecule has 0 unspecified atom stereocenters. The van der Waals surface area contributed by atoms with Gasteiger partial charge in [-0.3, -0.25) is 14.9 Å². The van der Waals surface area contributed by atoms with Gasteiger partial charge in [0.2, 0.25) is 5.91 Å². The molecule has 1 aromatic heterocycles. The Hall–Kier alpha value is -5.65. The molecule has 0 saturated carbocycles. The van der Waals surface area contributed by atoms with Gasteiger partial charge in [0.15, 0.2) is 0 Å². The quantitative estimate of drug-likeness (QED) is 0.0818. The minimum absolute atomic E-state index is 0.0589. The molecule has 6 rings (SSSR count). The van der Waals surface area contributed by atoms with Crippen LogP contribution in [0, 0.1) is 12.3 Å². The van der Waals surface area contributed by atoms with Gasteiger partial charge >= 0.3 is 11.0 Å². The number of methoxy groups -OCH3 is 1. The summed E-state index contributed by atoms with van der Waals surface area (Å²) in [7, 11) is 1.52. The number of ether oxygens (including phenoxy) is 2. The summed E-state index contributed by atoms with van der Waals surface area (Å²) in [4.78, 5) is 42.1. The molecule has 1 aliphatic rings. The maximum Gasteiger partial charge on any atom is 0.411 e. The highest BCUT2D eigenvalue weighted by Crippen LogP contribution is 2.32. The number of para-hydroxylation sites is 1. The van der Waals surface area contributed by atoms with Gasteiger partial charge in [-0.15, -0.1) is 6.42 Å². The van der Waals surface area contributed by atoms with Gasteiger partial charge < -0.3 is 40.2 Å². The van der Waals surface area contributed by atoms with Crippen LogP contribution in [0.25, 0.3) is 21.3 Å². The van der Waals surface area contributed by atoms with Gasteiger partial charge in [0, 0.05) is 67.5 Å². The van der Waals surface area contributed by atoms with Crippen LogP contribution in [0.2, 0.25) is 0 Å². The molecule has 6 N–H and O–H groups in total. The van der Waals surface area contributed by atoms with Crippen molar-refractivity contribution in [2.24, 2.45) is 0 Å². The Labute approximate surface area is 310 Å². The number of piperidine rings is 1. The van der Waals surface area contributed by atoms with E-state index in [0.717, 1.165) is 28.0 Å². The van der Waals surface area contributed by atoms with Crippen molar-refractivity contribution in [3.05, 3.63) is 105 Å². The van der Waals surface area contributed by atoms with Crippen molar-refractivity contribution in [2.75, 3.05) is 43.9 Å². The largest absolute Gasteiger partial charge is 0.506 e. The van der Waals surface area contributed by atoms with Crippen molar-refractivity contribution in [3.8, 4) is 35.0 Å². The number of phenols is 1. The molecule has 0 aliphatic carbocycles. The number of aromatic amines is 1. The van der Waals surface area contributed by atoms with Gasteiger partial charge in [0.25, 0.3) is 0 Å². The van der Waals surface area contributed by atoms with Gasteiger partial charge in [0.05, 0.1) is 29.3 Å². The fraction of sp³-hybridized carbons (Fsp3) is 0.275. The van der Waals surface area contributed by atoms with E-state index in [-0.39, 0.29) is 35.6 Å². The van der Waals surface area contributed by atoms with Crippen LogP contribution in [-0.2, 0) is 16.1 Å². The van der Waals surface area contributed by atoms with E-state index in [1.807, 2.05) is 54.6 Å². The van der Waals surface area contributed by atoms with Crippen LogP contribution >= 0.6 is 11.3 Å². The SMILES string of the molecule is C#Cc1cc(CNC[C@H](O)c2ccc(O)c3[nH]c(=O)sc23)c(OC)cc1NC(=O)CCN1CCC(OC(=O)Nc2ccccc2-c2ccccc2)CC1. The zero-order chi connectivity index (χ0) is 37.3. The number of carbonyl (C=O) groups is 2. The number of aromatic hydroxyl groups is 1. The molecule has 1 saturated heterocycles. The van der Waals surface area contributed by atoms with E-state index in [2.05, 4.69) is 31.8 Å². The number of carbonyl (C=O) groups excluding carboxylic acids is 2. The fourth-order valence-corrected chi connectivity index (χ4v) is 7.32. The number of aromatic nitrogens is 1. The molecular formula is C40H41N5O7S. The third kappa shape index (κ3) is 9.24. The number of nitrogens with one attached hydrogen (secondary N) is 4. The summed E-state index contributed by atoms with van der Waals surface area (Å²) < 4.78 is 11.8. The third-order valence-electron chi connectivity index (χ3n) is 9.16. The molecule has 1 aliphatic heterocycles. The average molecular weight is 736 g/mol. The summed E-state index contributed by atoms with van der Waals surface area (Å²) in [5.41, 5.74) is 5.09. The predicted molar refractivity (Wildman–Crippen MR) is 206 cm³/mol. The second-order valence-corrected chi connectivity index (χ2v) is 13.7. The second-order valence-electron chi connectivity index (χ2n) is 12.7. The number of hydrogen-bond donors (Lipinski definition) is 6. The van der Waals surface area contributed by atoms with Crippen LogP contribution in [0.5, 0.6) is 11.5 Å². The van der Waals surface area contributed by atoms with E-state index < -0.39 is 12.2 Å². The normalized spacial score (nSPS) is 14.0. The van der Waals surface area contributed by atoms with Crippen molar-refractivity contribution < 1.29 is 29.3 Å². The first-order valence-electron chi connectivity index (χ1n) is 17.3. The molecule has 2 heterocycles.